The van der Waals surface area contributed by atoms with Gasteiger partial charge >= 0.3 is 0 Å². The van der Waals surface area contributed by atoms with Gasteiger partial charge in [-0.3, -0.25) is 0 Å². The fourth-order valence-electron chi connectivity index (χ4n) is 1.33. The van der Waals surface area contributed by atoms with Crippen molar-refractivity contribution in [3.63, 3.8) is 0 Å². The molecule has 2 atom stereocenters. The molecule has 2 unspecified atom stereocenters. The van der Waals surface area contributed by atoms with Gasteiger partial charge in [0, 0.05) is 18.6 Å². The quantitative estimate of drug-likeness (QED) is 0.683. The molecule has 0 spiro atoms. The lowest BCUT2D eigenvalue weighted by molar-refractivity contribution is 0.0550. The summed E-state index contributed by atoms with van der Waals surface area (Å²) in [4.78, 5) is 0. The SMILES string of the molecule is CC(C)OCC(N)C1CCOC1. The number of rotatable bonds is 4. The first kappa shape index (κ1) is 9.96. The minimum Gasteiger partial charge on any atom is -0.381 e. The van der Waals surface area contributed by atoms with Gasteiger partial charge in [-0.05, 0) is 20.3 Å². The van der Waals surface area contributed by atoms with Crippen molar-refractivity contribution < 1.29 is 9.47 Å². The lowest BCUT2D eigenvalue weighted by Gasteiger charge is -2.18. The molecule has 3 heteroatoms. The zero-order chi connectivity index (χ0) is 8.97. The van der Waals surface area contributed by atoms with E-state index >= 15 is 0 Å². The molecular weight excluding hydrogens is 154 g/mol. The second-order valence-electron chi connectivity index (χ2n) is 3.67. The average Bonchev–Trinajstić information content (AvgIpc) is 2.51. The van der Waals surface area contributed by atoms with Gasteiger partial charge in [0.25, 0.3) is 0 Å². The molecule has 0 radical (unpaired) electrons. The first-order chi connectivity index (χ1) is 5.70. The summed E-state index contributed by atoms with van der Waals surface area (Å²) in [6, 6.07) is 0.148. The van der Waals surface area contributed by atoms with Crippen LogP contribution in [-0.4, -0.2) is 32.0 Å². The topological polar surface area (TPSA) is 44.5 Å². The molecule has 1 fully saturated rings. The molecule has 0 aromatic heterocycles. The summed E-state index contributed by atoms with van der Waals surface area (Å²) >= 11 is 0. The van der Waals surface area contributed by atoms with Crippen molar-refractivity contribution >= 4 is 0 Å². The molecule has 1 saturated heterocycles. The average molecular weight is 173 g/mol. The fourth-order valence-corrected chi connectivity index (χ4v) is 1.33. The number of hydrogen-bond donors (Lipinski definition) is 1. The van der Waals surface area contributed by atoms with Gasteiger partial charge in [0.2, 0.25) is 0 Å². The zero-order valence-corrected chi connectivity index (χ0v) is 7.95. The van der Waals surface area contributed by atoms with Gasteiger partial charge in [0.05, 0.1) is 19.3 Å². The summed E-state index contributed by atoms with van der Waals surface area (Å²) in [5, 5.41) is 0. The van der Waals surface area contributed by atoms with Gasteiger partial charge in [-0.2, -0.15) is 0 Å². The van der Waals surface area contributed by atoms with Crippen LogP contribution in [0.25, 0.3) is 0 Å². The van der Waals surface area contributed by atoms with Gasteiger partial charge in [-0.15, -0.1) is 0 Å². The Bertz CT molecular complexity index is 122. The number of ether oxygens (including phenoxy) is 2. The summed E-state index contributed by atoms with van der Waals surface area (Å²) in [5.41, 5.74) is 5.92. The van der Waals surface area contributed by atoms with Crippen LogP contribution in [0.1, 0.15) is 20.3 Å². The van der Waals surface area contributed by atoms with Crippen LogP contribution in [0.5, 0.6) is 0 Å². The molecule has 72 valence electrons. The van der Waals surface area contributed by atoms with E-state index in [0.29, 0.717) is 12.5 Å². The Morgan fingerprint density at radius 2 is 2.33 bits per heavy atom. The van der Waals surface area contributed by atoms with E-state index in [1.54, 1.807) is 0 Å². The van der Waals surface area contributed by atoms with Crippen LogP contribution in [0.4, 0.5) is 0 Å². The molecule has 1 rings (SSSR count). The first-order valence-corrected chi connectivity index (χ1v) is 4.65. The predicted octanol–water partition coefficient (Wildman–Crippen LogP) is 0.775. The third-order valence-corrected chi connectivity index (χ3v) is 2.19. The molecule has 1 heterocycles. The third kappa shape index (κ3) is 3.09. The van der Waals surface area contributed by atoms with Crippen LogP contribution in [0.3, 0.4) is 0 Å². The van der Waals surface area contributed by atoms with Crippen molar-refractivity contribution in [2.24, 2.45) is 11.7 Å². The highest BCUT2D eigenvalue weighted by Crippen LogP contribution is 2.15. The molecule has 0 aromatic rings. The minimum absolute atomic E-state index is 0.148. The lowest BCUT2D eigenvalue weighted by Crippen LogP contribution is -2.35. The van der Waals surface area contributed by atoms with Crippen molar-refractivity contribution in [2.45, 2.75) is 32.4 Å². The molecule has 1 aliphatic heterocycles. The van der Waals surface area contributed by atoms with Crippen molar-refractivity contribution in [1.29, 1.82) is 0 Å². The highest BCUT2D eigenvalue weighted by atomic mass is 16.5. The van der Waals surface area contributed by atoms with E-state index in [2.05, 4.69) is 0 Å². The van der Waals surface area contributed by atoms with Gasteiger partial charge in [0.15, 0.2) is 0 Å². The van der Waals surface area contributed by atoms with E-state index in [9.17, 15) is 0 Å². The summed E-state index contributed by atoms with van der Waals surface area (Å²) in [7, 11) is 0. The Balaban J connectivity index is 2.13. The Labute approximate surface area is 74.2 Å². The monoisotopic (exact) mass is 173 g/mol. The second-order valence-corrected chi connectivity index (χ2v) is 3.67. The Kier molecular flexibility index (Phi) is 3.98. The standard InChI is InChI=1S/C9H19NO2/c1-7(2)12-6-9(10)8-3-4-11-5-8/h7-9H,3-6,10H2,1-2H3. The smallest absolute Gasteiger partial charge is 0.0624 e. The molecule has 0 aliphatic carbocycles. The van der Waals surface area contributed by atoms with Crippen LogP contribution in [0.2, 0.25) is 0 Å². The Morgan fingerprint density at radius 3 is 2.83 bits per heavy atom. The van der Waals surface area contributed by atoms with Crippen LogP contribution in [0, 0.1) is 5.92 Å². The Morgan fingerprint density at radius 1 is 1.58 bits per heavy atom. The van der Waals surface area contributed by atoms with Crippen molar-refractivity contribution in [3.05, 3.63) is 0 Å². The van der Waals surface area contributed by atoms with Crippen molar-refractivity contribution in [3.8, 4) is 0 Å². The lowest BCUT2D eigenvalue weighted by atomic mass is 10.0. The van der Waals surface area contributed by atoms with E-state index in [4.69, 9.17) is 15.2 Å². The van der Waals surface area contributed by atoms with Crippen molar-refractivity contribution in [1.82, 2.24) is 0 Å². The summed E-state index contributed by atoms with van der Waals surface area (Å²) in [6.07, 6.45) is 1.36. The fraction of sp³-hybridized carbons (Fsp3) is 1.00. The number of hydrogen-bond acceptors (Lipinski definition) is 3. The van der Waals surface area contributed by atoms with Gasteiger partial charge < -0.3 is 15.2 Å². The molecular formula is C9H19NO2. The minimum atomic E-state index is 0.148. The molecule has 0 saturated carbocycles. The largest absolute Gasteiger partial charge is 0.381 e. The maximum absolute atomic E-state index is 5.92. The van der Waals surface area contributed by atoms with Crippen LogP contribution >= 0.6 is 0 Å². The second kappa shape index (κ2) is 4.80. The van der Waals surface area contributed by atoms with E-state index in [-0.39, 0.29) is 12.1 Å². The van der Waals surface area contributed by atoms with Crippen LogP contribution in [0.15, 0.2) is 0 Å². The van der Waals surface area contributed by atoms with Crippen LogP contribution in [-0.2, 0) is 9.47 Å². The summed E-state index contributed by atoms with van der Waals surface area (Å²) in [5.74, 6) is 0.503. The van der Waals surface area contributed by atoms with E-state index in [0.717, 1.165) is 19.6 Å². The first-order valence-electron chi connectivity index (χ1n) is 4.65. The molecule has 1 aliphatic rings. The number of nitrogens with two attached hydrogens (primary N) is 1. The molecule has 0 bridgehead atoms. The van der Waals surface area contributed by atoms with Crippen molar-refractivity contribution in [2.75, 3.05) is 19.8 Å². The predicted molar refractivity (Wildman–Crippen MR) is 48.0 cm³/mol. The van der Waals surface area contributed by atoms with Gasteiger partial charge in [-0.25, -0.2) is 0 Å². The Hall–Kier alpha value is -0.120. The van der Waals surface area contributed by atoms with Gasteiger partial charge in [-0.1, -0.05) is 0 Å². The normalized spacial score (nSPS) is 26.5. The maximum atomic E-state index is 5.92. The van der Waals surface area contributed by atoms with Crippen LogP contribution < -0.4 is 5.73 Å². The molecule has 2 N–H and O–H groups in total. The highest BCUT2D eigenvalue weighted by Gasteiger charge is 2.22. The van der Waals surface area contributed by atoms with Gasteiger partial charge in [0.1, 0.15) is 0 Å². The highest BCUT2D eigenvalue weighted by molar-refractivity contribution is 4.75. The van der Waals surface area contributed by atoms with E-state index < -0.39 is 0 Å². The maximum Gasteiger partial charge on any atom is 0.0624 e. The molecule has 0 amide bonds. The summed E-state index contributed by atoms with van der Waals surface area (Å²) < 4.78 is 10.7. The van der Waals surface area contributed by atoms with E-state index in [1.165, 1.54) is 0 Å². The van der Waals surface area contributed by atoms with E-state index in [1.807, 2.05) is 13.8 Å². The molecule has 3 nitrogen and oxygen atoms in total. The zero-order valence-electron chi connectivity index (χ0n) is 7.95. The molecule has 12 heavy (non-hydrogen) atoms. The third-order valence-electron chi connectivity index (χ3n) is 2.19. The molecule has 0 aromatic carbocycles. The summed E-state index contributed by atoms with van der Waals surface area (Å²) in [6.45, 7) is 6.38.